The predicted octanol–water partition coefficient (Wildman–Crippen LogP) is 2.58. The van der Waals surface area contributed by atoms with E-state index in [0.717, 1.165) is 25.1 Å². The number of alkyl halides is 2. The van der Waals surface area contributed by atoms with E-state index in [0.29, 0.717) is 6.54 Å². The lowest BCUT2D eigenvalue weighted by Crippen LogP contribution is -2.26. The second-order valence-corrected chi connectivity index (χ2v) is 4.33. The van der Waals surface area contributed by atoms with Crippen molar-refractivity contribution >= 4 is 12.4 Å². The van der Waals surface area contributed by atoms with Gasteiger partial charge in [-0.05, 0) is 18.1 Å². The molecule has 0 spiro atoms. The summed E-state index contributed by atoms with van der Waals surface area (Å²) in [6.45, 7) is 2.53. The molecule has 17 heavy (non-hydrogen) atoms. The standard InChI is InChI=1S/C12H16F2N2.ClH/c13-12(14)10-3-1-2-9(6-10)7-16-5-4-11(15)8-16;/h1-3,6,11-12H,4-5,7-8,15H2;1H. The first kappa shape index (κ1) is 14.4. The van der Waals surface area contributed by atoms with Crippen LogP contribution in [0, 0.1) is 0 Å². The molecule has 0 aliphatic carbocycles. The van der Waals surface area contributed by atoms with E-state index >= 15 is 0 Å². The largest absolute Gasteiger partial charge is 0.326 e. The zero-order chi connectivity index (χ0) is 11.5. The van der Waals surface area contributed by atoms with Gasteiger partial charge in [0.15, 0.2) is 0 Å². The highest BCUT2D eigenvalue weighted by Crippen LogP contribution is 2.20. The van der Waals surface area contributed by atoms with E-state index in [1.54, 1.807) is 12.1 Å². The van der Waals surface area contributed by atoms with Gasteiger partial charge in [0.25, 0.3) is 6.43 Å². The molecular weight excluding hydrogens is 246 g/mol. The molecule has 1 saturated heterocycles. The van der Waals surface area contributed by atoms with Crippen LogP contribution >= 0.6 is 12.4 Å². The molecule has 1 aliphatic rings. The monoisotopic (exact) mass is 262 g/mol. The Hall–Kier alpha value is -0.710. The highest BCUT2D eigenvalue weighted by Gasteiger charge is 2.19. The minimum Gasteiger partial charge on any atom is -0.326 e. The van der Waals surface area contributed by atoms with E-state index in [4.69, 9.17) is 5.73 Å². The first-order valence-corrected chi connectivity index (χ1v) is 5.50. The minimum absolute atomic E-state index is 0. The van der Waals surface area contributed by atoms with Crippen molar-refractivity contribution in [1.82, 2.24) is 4.90 Å². The van der Waals surface area contributed by atoms with E-state index in [1.165, 1.54) is 6.07 Å². The van der Waals surface area contributed by atoms with E-state index < -0.39 is 6.43 Å². The van der Waals surface area contributed by atoms with Gasteiger partial charge in [0.05, 0.1) is 0 Å². The van der Waals surface area contributed by atoms with Crippen molar-refractivity contribution in [2.45, 2.75) is 25.4 Å². The molecule has 0 amide bonds. The summed E-state index contributed by atoms with van der Waals surface area (Å²) in [7, 11) is 0. The van der Waals surface area contributed by atoms with Crippen LogP contribution in [0.5, 0.6) is 0 Å². The van der Waals surface area contributed by atoms with Crippen molar-refractivity contribution in [2.75, 3.05) is 13.1 Å². The molecule has 0 saturated carbocycles. The van der Waals surface area contributed by atoms with Gasteiger partial charge in [-0.3, -0.25) is 4.90 Å². The molecule has 1 unspecified atom stereocenters. The van der Waals surface area contributed by atoms with E-state index in [9.17, 15) is 8.78 Å². The van der Waals surface area contributed by atoms with Gasteiger partial charge in [-0.1, -0.05) is 18.2 Å². The summed E-state index contributed by atoms with van der Waals surface area (Å²) in [5, 5.41) is 0. The minimum atomic E-state index is -2.39. The maximum Gasteiger partial charge on any atom is 0.263 e. The summed E-state index contributed by atoms with van der Waals surface area (Å²) in [6, 6.07) is 6.85. The van der Waals surface area contributed by atoms with Crippen LogP contribution in [0.4, 0.5) is 8.78 Å². The Morgan fingerprint density at radius 1 is 1.41 bits per heavy atom. The molecule has 0 aromatic heterocycles. The fourth-order valence-electron chi connectivity index (χ4n) is 2.09. The molecule has 1 atom stereocenters. The Kier molecular flexibility index (Phi) is 5.31. The van der Waals surface area contributed by atoms with Gasteiger partial charge in [0.2, 0.25) is 0 Å². The highest BCUT2D eigenvalue weighted by molar-refractivity contribution is 5.85. The van der Waals surface area contributed by atoms with E-state index in [-0.39, 0.29) is 24.0 Å². The third-order valence-electron chi connectivity index (χ3n) is 2.92. The Morgan fingerprint density at radius 2 is 2.18 bits per heavy atom. The van der Waals surface area contributed by atoms with Gasteiger partial charge in [-0.2, -0.15) is 0 Å². The van der Waals surface area contributed by atoms with Crippen LogP contribution in [0.15, 0.2) is 24.3 Å². The summed E-state index contributed by atoms with van der Waals surface area (Å²) in [5.74, 6) is 0. The molecule has 1 heterocycles. The van der Waals surface area contributed by atoms with Gasteiger partial charge >= 0.3 is 0 Å². The molecule has 2 N–H and O–H groups in total. The normalized spacial score (nSPS) is 20.6. The van der Waals surface area contributed by atoms with Crippen LogP contribution in [-0.4, -0.2) is 24.0 Å². The van der Waals surface area contributed by atoms with E-state index in [1.807, 2.05) is 6.07 Å². The topological polar surface area (TPSA) is 29.3 Å². The lowest BCUT2D eigenvalue weighted by molar-refractivity contribution is 0.151. The molecule has 0 radical (unpaired) electrons. The number of hydrogen-bond acceptors (Lipinski definition) is 2. The van der Waals surface area contributed by atoms with Crippen molar-refractivity contribution in [1.29, 1.82) is 0 Å². The Balaban J connectivity index is 0.00000144. The fourth-order valence-corrected chi connectivity index (χ4v) is 2.09. The average molecular weight is 263 g/mol. The van der Waals surface area contributed by atoms with Crippen molar-refractivity contribution in [3.63, 3.8) is 0 Å². The van der Waals surface area contributed by atoms with Crippen molar-refractivity contribution in [2.24, 2.45) is 5.73 Å². The summed E-state index contributed by atoms with van der Waals surface area (Å²) in [5.41, 5.74) is 6.83. The Labute approximate surface area is 106 Å². The molecule has 5 heteroatoms. The quantitative estimate of drug-likeness (QED) is 0.907. The Bertz CT molecular complexity index is 360. The fraction of sp³-hybridized carbons (Fsp3) is 0.500. The summed E-state index contributed by atoms with van der Waals surface area (Å²) < 4.78 is 25.0. The lowest BCUT2D eigenvalue weighted by Gasteiger charge is -2.15. The summed E-state index contributed by atoms with van der Waals surface area (Å²) in [6.07, 6.45) is -1.39. The maximum absolute atomic E-state index is 12.5. The molecule has 0 bridgehead atoms. The molecule has 2 rings (SSSR count). The van der Waals surface area contributed by atoms with Gasteiger partial charge in [-0.25, -0.2) is 8.78 Å². The SMILES string of the molecule is Cl.NC1CCN(Cc2cccc(C(F)F)c2)C1. The van der Waals surface area contributed by atoms with Crippen molar-refractivity contribution in [3.8, 4) is 0 Å². The number of nitrogens with two attached hydrogens (primary N) is 1. The average Bonchev–Trinajstić information content (AvgIpc) is 2.64. The van der Waals surface area contributed by atoms with Gasteiger partial charge < -0.3 is 5.73 Å². The summed E-state index contributed by atoms with van der Waals surface area (Å²) in [4.78, 5) is 2.20. The highest BCUT2D eigenvalue weighted by atomic mass is 35.5. The Morgan fingerprint density at radius 3 is 2.76 bits per heavy atom. The molecule has 1 aromatic carbocycles. The number of likely N-dealkylation sites (tertiary alicyclic amines) is 1. The van der Waals surface area contributed by atoms with Crippen LogP contribution < -0.4 is 5.73 Å². The molecule has 2 nitrogen and oxygen atoms in total. The number of benzene rings is 1. The lowest BCUT2D eigenvalue weighted by atomic mass is 10.1. The molecular formula is C12H17ClF2N2. The molecule has 1 aromatic rings. The number of rotatable bonds is 3. The third kappa shape index (κ3) is 3.91. The second-order valence-electron chi connectivity index (χ2n) is 4.33. The first-order chi connectivity index (χ1) is 7.65. The van der Waals surface area contributed by atoms with Gasteiger partial charge in [0, 0.05) is 31.2 Å². The maximum atomic E-state index is 12.5. The van der Waals surface area contributed by atoms with Crippen LogP contribution in [0.2, 0.25) is 0 Å². The molecule has 1 aliphatic heterocycles. The van der Waals surface area contributed by atoms with Crippen LogP contribution in [0.1, 0.15) is 24.0 Å². The van der Waals surface area contributed by atoms with Crippen molar-refractivity contribution < 1.29 is 8.78 Å². The third-order valence-corrected chi connectivity index (χ3v) is 2.92. The van der Waals surface area contributed by atoms with Gasteiger partial charge in [-0.15, -0.1) is 12.4 Å². The zero-order valence-electron chi connectivity index (χ0n) is 9.48. The predicted molar refractivity (Wildman–Crippen MR) is 66.5 cm³/mol. The zero-order valence-corrected chi connectivity index (χ0v) is 10.3. The van der Waals surface area contributed by atoms with E-state index in [2.05, 4.69) is 4.90 Å². The number of hydrogen-bond donors (Lipinski definition) is 1. The second kappa shape index (κ2) is 6.28. The van der Waals surface area contributed by atoms with Crippen molar-refractivity contribution in [3.05, 3.63) is 35.4 Å². The van der Waals surface area contributed by atoms with Crippen LogP contribution in [-0.2, 0) is 6.54 Å². The van der Waals surface area contributed by atoms with Gasteiger partial charge in [0.1, 0.15) is 0 Å². The summed E-state index contributed by atoms with van der Waals surface area (Å²) >= 11 is 0. The number of halogens is 3. The molecule has 1 fully saturated rings. The number of nitrogens with zero attached hydrogens (tertiary/aromatic N) is 1. The first-order valence-electron chi connectivity index (χ1n) is 5.50. The molecule has 96 valence electrons. The van der Waals surface area contributed by atoms with Crippen LogP contribution in [0.25, 0.3) is 0 Å². The smallest absolute Gasteiger partial charge is 0.263 e. The van der Waals surface area contributed by atoms with Crippen LogP contribution in [0.3, 0.4) is 0 Å².